The molecule has 118 valence electrons. The molecule has 2 rings (SSSR count). The average Bonchev–Trinajstić information content (AvgIpc) is 2.85. The molecule has 1 unspecified atom stereocenters. The molecule has 1 amide bonds. The van der Waals surface area contributed by atoms with Crippen LogP contribution >= 0.6 is 11.3 Å². The van der Waals surface area contributed by atoms with E-state index in [0.29, 0.717) is 24.9 Å². The van der Waals surface area contributed by atoms with Gasteiger partial charge in [0.25, 0.3) is 0 Å². The SMILES string of the molecule is Cc1nc(CC(=O)NCC(C(C)C)N2CCOCC2)cs1. The normalized spacial score (nSPS) is 17.9. The number of rotatable bonds is 6. The molecule has 1 aromatic heterocycles. The first-order chi connectivity index (χ1) is 10.1. The molecule has 0 aromatic carbocycles. The van der Waals surface area contributed by atoms with E-state index in [1.165, 1.54) is 0 Å². The number of aromatic nitrogens is 1. The molecule has 0 saturated carbocycles. The molecule has 21 heavy (non-hydrogen) atoms. The van der Waals surface area contributed by atoms with Gasteiger partial charge in [0.1, 0.15) is 0 Å². The van der Waals surface area contributed by atoms with Crippen LogP contribution in [0.2, 0.25) is 0 Å². The summed E-state index contributed by atoms with van der Waals surface area (Å²) in [5.74, 6) is 0.559. The molecular weight excluding hydrogens is 286 g/mol. The van der Waals surface area contributed by atoms with Crippen LogP contribution in [0.25, 0.3) is 0 Å². The fourth-order valence-corrected chi connectivity index (χ4v) is 3.24. The van der Waals surface area contributed by atoms with Crippen LogP contribution in [0.15, 0.2) is 5.38 Å². The number of ether oxygens (including phenoxy) is 1. The molecule has 0 bridgehead atoms. The van der Waals surface area contributed by atoms with Gasteiger partial charge in [-0.25, -0.2) is 4.98 Å². The maximum absolute atomic E-state index is 12.0. The monoisotopic (exact) mass is 311 g/mol. The summed E-state index contributed by atoms with van der Waals surface area (Å²) in [7, 11) is 0. The van der Waals surface area contributed by atoms with E-state index in [1.807, 2.05) is 12.3 Å². The van der Waals surface area contributed by atoms with Gasteiger partial charge in [0.05, 0.1) is 30.3 Å². The Morgan fingerprint density at radius 3 is 2.76 bits per heavy atom. The van der Waals surface area contributed by atoms with E-state index in [0.717, 1.165) is 37.0 Å². The number of nitrogens with zero attached hydrogens (tertiary/aromatic N) is 2. The summed E-state index contributed by atoms with van der Waals surface area (Å²) in [6, 6.07) is 0.370. The van der Waals surface area contributed by atoms with Crippen LogP contribution < -0.4 is 5.32 Å². The van der Waals surface area contributed by atoms with Crippen molar-refractivity contribution in [2.45, 2.75) is 33.2 Å². The van der Waals surface area contributed by atoms with Crippen LogP contribution in [-0.2, 0) is 16.0 Å². The summed E-state index contributed by atoms with van der Waals surface area (Å²) >= 11 is 1.59. The van der Waals surface area contributed by atoms with Gasteiger partial charge < -0.3 is 10.1 Å². The van der Waals surface area contributed by atoms with Crippen LogP contribution in [0, 0.1) is 12.8 Å². The summed E-state index contributed by atoms with van der Waals surface area (Å²) in [4.78, 5) is 18.8. The van der Waals surface area contributed by atoms with Crippen molar-refractivity contribution in [1.82, 2.24) is 15.2 Å². The van der Waals surface area contributed by atoms with Crippen molar-refractivity contribution in [3.8, 4) is 0 Å². The van der Waals surface area contributed by atoms with Crippen LogP contribution in [0.5, 0.6) is 0 Å². The molecule has 5 nitrogen and oxygen atoms in total. The van der Waals surface area contributed by atoms with Crippen LogP contribution in [0.1, 0.15) is 24.5 Å². The lowest BCUT2D eigenvalue weighted by atomic mass is 10.0. The zero-order chi connectivity index (χ0) is 15.2. The van der Waals surface area contributed by atoms with Crippen molar-refractivity contribution >= 4 is 17.2 Å². The highest BCUT2D eigenvalue weighted by Crippen LogP contribution is 2.12. The van der Waals surface area contributed by atoms with Crippen LogP contribution in [0.3, 0.4) is 0 Å². The largest absolute Gasteiger partial charge is 0.379 e. The first-order valence-corrected chi connectivity index (χ1v) is 8.43. The molecule has 1 aromatic rings. The van der Waals surface area contributed by atoms with Crippen LogP contribution in [-0.4, -0.2) is 54.7 Å². The standard InChI is InChI=1S/C15H25N3O2S/c1-11(2)14(18-4-6-20-7-5-18)9-16-15(19)8-13-10-21-12(3)17-13/h10-11,14H,4-9H2,1-3H3,(H,16,19). The quantitative estimate of drug-likeness (QED) is 0.864. The minimum Gasteiger partial charge on any atom is -0.379 e. The maximum Gasteiger partial charge on any atom is 0.226 e. The Morgan fingerprint density at radius 2 is 2.19 bits per heavy atom. The first-order valence-electron chi connectivity index (χ1n) is 7.55. The minimum atomic E-state index is 0.0548. The second-order valence-electron chi connectivity index (χ2n) is 5.80. The fraction of sp³-hybridized carbons (Fsp3) is 0.733. The van der Waals surface area contributed by atoms with E-state index in [4.69, 9.17) is 4.74 Å². The lowest BCUT2D eigenvalue weighted by molar-refractivity contribution is -0.120. The molecule has 1 N–H and O–H groups in total. The van der Waals surface area contributed by atoms with Gasteiger partial charge in [-0.05, 0) is 12.8 Å². The van der Waals surface area contributed by atoms with Gasteiger partial charge in [-0.2, -0.15) is 0 Å². The van der Waals surface area contributed by atoms with Gasteiger partial charge in [0.15, 0.2) is 0 Å². The highest BCUT2D eigenvalue weighted by Gasteiger charge is 2.24. The van der Waals surface area contributed by atoms with Crippen molar-refractivity contribution in [2.75, 3.05) is 32.8 Å². The Kier molecular flexibility index (Phi) is 6.14. The zero-order valence-electron chi connectivity index (χ0n) is 13.1. The number of hydrogen-bond acceptors (Lipinski definition) is 5. The van der Waals surface area contributed by atoms with E-state index < -0.39 is 0 Å². The first kappa shape index (κ1) is 16.4. The van der Waals surface area contributed by atoms with Crippen molar-refractivity contribution in [3.63, 3.8) is 0 Å². The van der Waals surface area contributed by atoms with Gasteiger partial charge in [-0.15, -0.1) is 11.3 Å². The van der Waals surface area contributed by atoms with Gasteiger partial charge in [-0.3, -0.25) is 9.69 Å². The summed E-state index contributed by atoms with van der Waals surface area (Å²) in [5.41, 5.74) is 0.863. The van der Waals surface area contributed by atoms with Gasteiger partial charge in [-0.1, -0.05) is 13.8 Å². The zero-order valence-corrected chi connectivity index (χ0v) is 13.9. The van der Waals surface area contributed by atoms with E-state index >= 15 is 0 Å². The third-order valence-corrected chi connectivity index (χ3v) is 4.62. The maximum atomic E-state index is 12.0. The predicted molar refractivity (Wildman–Crippen MR) is 84.6 cm³/mol. The number of nitrogens with one attached hydrogen (secondary N) is 1. The third kappa shape index (κ3) is 5.05. The van der Waals surface area contributed by atoms with E-state index in [9.17, 15) is 4.79 Å². The Hall–Kier alpha value is -0.980. The number of carbonyl (C=O) groups excluding carboxylic acids is 1. The smallest absolute Gasteiger partial charge is 0.226 e. The number of hydrogen-bond donors (Lipinski definition) is 1. The molecule has 1 aliphatic heterocycles. The number of amides is 1. The lowest BCUT2D eigenvalue weighted by Gasteiger charge is -2.36. The van der Waals surface area contributed by atoms with Crippen molar-refractivity contribution in [2.24, 2.45) is 5.92 Å². The third-order valence-electron chi connectivity index (χ3n) is 3.80. The summed E-state index contributed by atoms with van der Waals surface area (Å²) in [6.45, 7) is 10.5. The number of morpholine rings is 1. The van der Waals surface area contributed by atoms with E-state index in [1.54, 1.807) is 11.3 Å². The molecule has 1 saturated heterocycles. The second-order valence-corrected chi connectivity index (χ2v) is 6.86. The Morgan fingerprint density at radius 1 is 1.48 bits per heavy atom. The molecule has 6 heteroatoms. The van der Waals surface area contributed by atoms with E-state index in [-0.39, 0.29) is 5.91 Å². The molecular formula is C15H25N3O2S. The minimum absolute atomic E-state index is 0.0548. The average molecular weight is 311 g/mol. The van der Waals surface area contributed by atoms with Gasteiger partial charge >= 0.3 is 0 Å². The van der Waals surface area contributed by atoms with Gasteiger partial charge in [0.2, 0.25) is 5.91 Å². The van der Waals surface area contributed by atoms with Gasteiger partial charge in [0, 0.05) is 31.1 Å². The molecule has 0 aliphatic carbocycles. The summed E-state index contributed by atoms with van der Waals surface area (Å²) in [5, 5.41) is 6.02. The fourth-order valence-electron chi connectivity index (χ4n) is 2.63. The summed E-state index contributed by atoms with van der Waals surface area (Å²) < 4.78 is 5.40. The molecule has 1 fully saturated rings. The lowest BCUT2D eigenvalue weighted by Crippen LogP contribution is -2.51. The Bertz CT molecular complexity index is 456. The number of aryl methyl sites for hydroxylation is 1. The second kappa shape index (κ2) is 7.87. The summed E-state index contributed by atoms with van der Waals surface area (Å²) in [6.07, 6.45) is 0.373. The highest BCUT2D eigenvalue weighted by atomic mass is 32.1. The van der Waals surface area contributed by atoms with Crippen molar-refractivity contribution in [1.29, 1.82) is 0 Å². The molecule has 0 spiro atoms. The Labute approximate surface area is 130 Å². The Balaban J connectivity index is 1.81. The molecule has 1 atom stereocenters. The molecule has 2 heterocycles. The van der Waals surface area contributed by atoms with Crippen molar-refractivity contribution < 1.29 is 9.53 Å². The topological polar surface area (TPSA) is 54.5 Å². The highest BCUT2D eigenvalue weighted by molar-refractivity contribution is 7.09. The van der Waals surface area contributed by atoms with Crippen LogP contribution in [0.4, 0.5) is 0 Å². The molecule has 0 radical (unpaired) electrons. The van der Waals surface area contributed by atoms with E-state index in [2.05, 4.69) is 29.0 Å². The predicted octanol–water partition coefficient (Wildman–Crippen LogP) is 1.47. The van der Waals surface area contributed by atoms with Crippen molar-refractivity contribution in [3.05, 3.63) is 16.1 Å². The number of carbonyl (C=O) groups is 1. The molecule has 1 aliphatic rings. The number of thiazole rings is 1.